The predicted octanol–water partition coefficient (Wildman–Crippen LogP) is 6.27. The number of hydrogen-bond donors (Lipinski definition) is 2. The van der Waals surface area contributed by atoms with Gasteiger partial charge in [0.2, 0.25) is 0 Å². The third-order valence-electron chi connectivity index (χ3n) is 7.25. The molecule has 3 aromatic rings. The molecule has 2 amide bonds. The molecule has 4 nitrogen and oxygen atoms in total. The molecule has 0 unspecified atom stereocenters. The third-order valence-corrected chi connectivity index (χ3v) is 7.25. The number of benzene rings is 3. The monoisotopic (exact) mass is 536 g/mol. The predicted molar refractivity (Wildman–Crippen MR) is 129 cm³/mol. The molecule has 0 aliphatic carbocycles. The first kappa shape index (κ1) is 27.5. The summed E-state index contributed by atoms with van der Waals surface area (Å²) in [7, 11) is 0. The summed E-state index contributed by atoms with van der Waals surface area (Å²) >= 11 is 0. The lowest BCUT2D eigenvalue weighted by molar-refractivity contribution is -0.376. The number of amides is 2. The lowest BCUT2D eigenvalue weighted by Crippen LogP contribution is -2.53. The molecule has 1 saturated heterocycles. The van der Waals surface area contributed by atoms with Crippen LogP contribution in [0.2, 0.25) is 0 Å². The fourth-order valence-corrected chi connectivity index (χ4v) is 5.06. The number of urea groups is 1. The van der Waals surface area contributed by atoms with Crippen molar-refractivity contribution in [3.05, 3.63) is 107 Å². The van der Waals surface area contributed by atoms with E-state index in [-0.39, 0.29) is 19.1 Å². The number of nitrogens with zero attached hydrogens (tertiary/aromatic N) is 1. The summed E-state index contributed by atoms with van der Waals surface area (Å²) in [6.45, 7) is 2.67. The van der Waals surface area contributed by atoms with Gasteiger partial charge >= 0.3 is 18.4 Å². The van der Waals surface area contributed by atoms with E-state index in [0.29, 0.717) is 24.2 Å². The lowest BCUT2D eigenvalue weighted by Gasteiger charge is -2.34. The summed E-state index contributed by atoms with van der Waals surface area (Å²) < 4.78 is 80.1. The smallest absolute Gasteiger partial charge is 0.369 e. The Morgan fingerprint density at radius 3 is 1.95 bits per heavy atom. The molecule has 38 heavy (non-hydrogen) atoms. The number of alkyl halides is 6. The normalized spacial score (nSPS) is 20.4. The highest BCUT2D eigenvalue weighted by Crippen LogP contribution is 2.51. The first-order valence-electron chi connectivity index (χ1n) is 11.9. The van der Waals surface area contributed by atoms with Gasteiger partial charge in [-0.15, -0.1) is 0 Å². The summed E-state index contributed by atoms with van der Waals surface area (Å²) in [6.07, 6.45) is -11.9. The van der Waals surface area contributed by atoms with Gasteiger partial charge < -0.3 is 15.3 Å². The zero-order valence-corrected chi connectivity index (χ0v) is 20.4. The molecule has 2 atom stereocenters. The Balaban J connectivity index is 1.65. The Bertz CT molecular complexity index is 1230. The number of carbonyl (C=O) groups excluding carboxylic acids is 1. The molecular formula is C28H26F6N2O2. The molecule has 10 heteroatoms. The van der Waals surface area contributed by atoms with Gasteiger partial charge in [-0.1, -0.05) is 91.9 Å². The van der Waals surface area contributed by atoms with E-state index in [1.54, 1.807) is 4.90 Å². The standard InChI is InChI=1S/C28H26F6N2O2/c1-25(21-10-6-3-7-11-21)18-36(24(37)35-16-19-8-4-2-5-9-19)17-23(25)20-12-14-22(15-13-20)26(38,27(29,30)31)28(32,33)34/h2-15,23,38H,16-18H2,1H3,(H,35,37)/t23-,25+/m1/s1. The van der Waals surface area contributed by atoms with Gasteiger partial charge in [0.1, 0.15) is 0 Å². The molecule has 202 valence electrons. The van der Waals surface area contributed by atoms with Gasteiger partial charge in [-0.2, -0.15) is 26.3 Å². The summed E-state index contributed by atoms with van der Waals surface area (Å²) in [6, 6.07) is 21.8. The molecule has 2 N–H and O–H groups in total. The maximum Gasteiger partial charge on any atom is 0.430 e. The minimum atomic E-state index is -5.97. The van der Waals surface area contributed by atoms with Crippen molar-refractivity contribution in [1.82, 2.24) is 10.2 Å². The Kier molecular flexibility index (Phi) is 7.22. The van der Waals surface area contributed by atoms with Crippen molar-refractivity contribution in [3.8, 4) is 0 Å². The molecule has 1 aliphatic heterocycles. The Labute approximate surface area is 215 Å². The van der Waals surface area contributed by atoms with Crippen LogP contribution in [0.1, 0.15) is 35.1 Å². The Hall–Kier alpha value is -3.53. The molecule has 1 heterocycles. The van der Waals surface area contributed by atoms with Crippen LogP contribution < -0.4 is 5.32 Å². The summed E-state index contributed by atoms with van der Waals surface area (Å²) in [4.78, 5) is 14.6. The third kappa shape index (κ3) is 4.97. The SMILES string of the molecule is C[C@@]1(c2ccccc2)CN(C(=O)NCc2ccccc2)C[C@@H]1c1ccc(C(O)(C(F)(F)F)C(F)(F)F)cc1. The fourth-order valence-electron chi connectivity index (χ4n) is 5.06. The van der Waals surface area contributed by atoms with Crippen LogP contribution in [0.15, 0.2) is 84.9 Å². The van der Waals surface area contributed by atoms with Crippen LogP contribution in [0.3, 0.4) is 0 Å². The number of aliphatic hydroxyl groups is 1. The van der Waals surface area contributed by atoms with E-state index in [1.807, 2.05) is 67.6 Å². The van der Waals surface area contributed by atoms with Crippen LogP contribution in [-0.4, -0.2) is 41.5 Å². The van der Waals surface area contributed by atoms with Gasteiger partial charge in [0.25, 0.3) is 5.60 Å². The summed E-state index contributed by atoms with van der Waals surface area (Å²) in [5.74, 6) is -0.439. The molecule has 1 fully saturated rings. The Morgan fingerprint density at radius 2 is 1.42 bits per heavy atom. The first-order valence-corrected chi connectivity index (χ1v) is 11.9. The number of rotatable bonds is 5. The fraction of sp³-hybridized carbons (Fsp3) is 0.321. The van der Waals surface area contributed by atoms with Gasteiger partial charge in [0, 0.05) is 36.5 Å². The van der Waals surface area contributed by atoms with E-state index in [2.05, 4.69) is 5.32 Å². The first-order chi connectivity index (χ1) is 17.8. The average molecular weight is 537 g/mol. The highest BCUT2D eigenvalue weighted by atomic mass is 19.4. The number of carbonyl (C=O) groups is 1. The van der Waals surface area contributed by atoms with Crippen LogP contribution in [-0.2, 0) is 17.6 Å². The second kappa shape index (κ2) is 9.98. The second-order valence-corrected chi connectivity index (χ2v) is 9.69. The van der Waals surface area contributed by atoms with E-state index < -0.39 is 34.8 Å². The lowest BCUT2D eigenvalue weighted by atomic mass is 9.71. The van der Waals surface area contributed by atoms with Gasteiger partial charge in [-0.25, -0.2) is 4.79 Å². The summed E-state index contributed by atoms with van der Waals surface area (Å²) in [5, 5.41) is 12.6. The summed E-state index contributed by atoms with van der Waals surface area (Å²) in [5.41, 5.74) is -4.78. The highest BCUT2D eigenvalue weighted by molar-refractivity contribution is 5.75. The van der Waals surface area contributed by atoms with E-state index in [9.17, 15) is 36.2 Å². The topological polar surface area (TPSA) is 52.6 Å². The zero-order chi connectivity index (χ0) is 27.8. The van der Waals surface area contributed by atoms with Crippen LogP contribution >= 0.6 is 0 Å². The van der Waals surface area contributed by atoms with Gasteiger partial charge in [0.15, 0.2) is 0 Å². The van der Waals surface area contributed by atoms with E-state index in [0.717, 1.165) is 23.3 Å². The number of halogens is 6. The van der Waals surface area contributed by atoms with Gasteiger partial charge in [-0.05, 0) is 16.7 Å². The molecule has 0 spiro atoms. The zero-order valence-electron chi connectivity index (χ0n) is 20.4. The van der Waals surface area contributed by atoms with Gasteiger partial charge in [0.05, 0.1) is 0 Å². The quantitative estimate of drug-likeness (QED) is 0.378. The van der Waals surface area contributed by atoms with Crippen molar-refractivity contribution < 1.29 is 36.2 Å². The van der Waals surface area contributed by atoms with Crippen molar-refractivity contribution in [1.29, 1.82) is 0 Å². The molecular weight excluding hydrogens is 510 g/mol. The van der Waals surface area contributed by atoms with Crippen LogP contribution in [0.5, 0.6) is 0 Å². The molecule has 0 aromatic heterocycles. The number of hydrogen-bond acceptors (Lipinski definition) is 2. The van der Waals surface area contributed by atoms with Crippen molar-refractivity contribution in [2.45, 2.75) is 42.8 Å². The molecule has 0 radical (unpaired) electrons. The van der Waals surface area contributed by atoms with E-state index in [4.69, 9.17) is 0 Å². The molecule has 1 aliphatic rings. The van der Waals surface area contributed by atoms with Crippen molar-refractivity contribution in [2.24, 2.45) is 0 Å². The maximum absolute atomic E-state index is 13.3. The maximum atomic E-state index is 13.3. The number of likely N-dealkylation sites (tertiary alicyclic amines) is 1. The van der Waals surface area contributed by atoms with Crippen LogP contribution in [0.25, 0.3) is 0 Å². The second-order valence-electron chi connectivity index (χ2n) is 9.69. The molecule has 4 rings (SSSR count). The average Bonchev–Trinajstić information content (AvgIpc) is 3.25. The Morgan fingerprint density at radius 1 is 0.895 bits per heavy atom. The van der Waals surface area contributed by atoms with E-state index >= 15 is 0 Å². The van der Waals surface area contributed by atoms with Crippen molar-refractivity contribution in [2.75, 3.05) is 13.1 Å². The van der Waals surface area contributed by atoms with Gasteiger partial charge in [-0.3, -0.25) is 0 Å². The highest BCUT2D eigenvalue weighted by Gasteiger charge is 2.71. The van der Waals surface area contributed by atoms with Crippen molar-refractivity contribution in [3.63, 3.8) is 0 Å². The van der Waals surface area contributed by atoms with E-state index in [1.165, 1.54) is 0 Å². The minimum Gasteiger partial charge on any atom is -0.369 e. The van der Waals surface area contributed by atoms with Crippen molar-refractivity contribution >= 4 is 6.03 Å². The largest absolute Gasteiger partial charge is 0.430 e. The number of nitrogens with one attached hydrogen (secondary N) is 1. The molecule has 0 saturated carbocycles. The minimum absolute atomic E-state index is 0.189. The van der Waals surface area contributed by atoms with Crippen LogP contribution in [0, 0.1) is 0 Å². The molecule has 0 bridgehead atoms. The van der Waals surface area contributed by atoms with Crippen LogP contribution in [0.4, 0.5) is 31.1 Å². The molecule has 3 aromatic carbocycles.